The molecule has 0 unspecified atom stereocenters. The highest BCUT2D eigenvalue weighted by Crippen LogP contribution is 2.09. The van der Waals surface area contributed by atoms with Gasteiger partial charge in [-0.25, -0.2) is 4.79 Å². The molecule has 0 saturated heterocycles. The van der Waals surface area contributed by atoms with Crippen LogP contribution in [0.4, 0.5) is 5.69 Å². The van der Waals surface area contributed by atoms with E-state index < -0.39 is 13.1 Å². The summed E-state index contributed by atoms with van der Waals surface area (Å²) in [5.41, 5.74) is 2.17. The summed E-state index contributed by atoms with van der Waals surface area (Å²) in [6.45, 7) is 0. The molecule has 15 heavy (non-hydrogen) atoms. The summed E-state index contributed by atoms with van der Waals surface area (Å²) in [6.07, 6.45) is 0. The van der Waals surface area contributed by atoms with E-state index in [1.165, 1.54) is 25.3 Å². The molecule has 0 aromatic heterocycles. The molecule has 1 rings (SSSR count). The van der Waals surface area contributed by atoms with Crippen molar-refractivity contribution in [1.82, 2.24) is 0 Å². The van der Waals surface area contributed by atoms with E-state index >= 15 is 0 Å². The monoisotopic (exact) mass is 211 g/mol. The first-order valence-corrected chi connectivity index (χ1v) is 4.08. The molecule has 4 N–H and O–H groups in total. The lowest BCUT2D eigenvalue weighted by atomic mass is 9.79. The zero-order valence-corrected chi connectivity index (χ0v) is 7.97. The van der Waals surface area contributed by atoms with Gasteiger partial charge in [0.2, 0.25) is 0 Å². The smallest absolute Gasteiger partial charge is 0.465 e. The quantitative estimate of drug-likeness (QED) is 0.289. The summed E-state index contributed by atoms with van der Waals surface area (Å²) in [7, 11) is -0.516. The van der Waals surface area contributed by atoms with Crippen LogP contribution in [0.5, 0.6) is 0 Å². The van der Waals surface area contributed by atoms with Crippen molar-refractivity contribution < 1.29 is 24.8 Å². The zero-order valence-electron chi connectivity index (χ0n) is 7.97. The number of carbonyl (C=O) groups is 1. The van der Waals surface area contributed by atoms with Crippen molar-refractivity contribution >= 4 is 24.2 Å². The number of rotatable bonds is 3. The maximum atomic E-state index is 11.2. The Bertz CT molecular complexity index is 368. The number of carbonyl (C=O) groups excluding carboxylic acids is 1. The Labute approximate surface area is 86.2 Å². The number of nitrogens with one attached hydrogen (secondary N) is 1. The molecule has 1 aromatic rings. The number of esters is 1. The lowest BCUT2D eigenvalue weighted by Crippen LogP contribution is -2.30. The molecule has 1 aromatic carbocycles. The number of methoxy groups -OCH3 is 1. The number of hydrogen-bond acceptors (Lipinski definition) is 6. The lowest BCUT2D eigenvalue weighted by molar-refractivity contribution is 0.0601. The number of hydrogen-bond donors (Lipinski definition) is 4. The Morgan fingerprint density at radius 3 is 2.53 bits per heavy atom. The van der Waals surface area contributed by atoms with Crippen LogP contribution in [0.3, 0.4) is 0 Å². The van der Waals surface area contributed by atoms with Gasteiger partial charge < -0.3 is 14.8 Å². The molecule has 0 bridgehead atoms. The lowest BCUT2D eigenvalue weighted by Gasteiger charge is -2.06. The topological polar surface area (TPSA) is 99.0 Å². The second-order valence-corrected chi connectivity index (χ2v) is 2.82. The predicted octanol–water partition coefficient (Wildman–Crippen LogP) is -1.05. The Balaban J connectivity index is 3.17. The van der Waals surface area contributed by atoms with E-state index in [0.29, 0.717) is 0 Å². The van der Waals surface area contributed by atoms with Gasteiger partial charge in [0.15, 0.2) is 0 Å². The van der Waals surface area contributed by atoms with Gasteiger partial charge in [0.1, 0.15) is 0 Å². The van der Waals surface area contributed by atoms with Gasteiger partial charge in [-0.3, -0.25) is 10.7 Å². The second kappa shape index (κ2) is 4.78. The maximum absolute atomic E-state index is 11.2. The highest BCUT2D eigenvalue weighted by molar-refractivity contribution is 6.58. The molecule has 0 aliphatic rings. The number of ether oxygens (including phenoxy) is 1. The van der Waals surface area contributed by atoms with E-state index in [4.69, 9.17) is 15.3 Å². The second-order valence-electron chi connectivity index (χ2n) is 2.82. The molecule has 0 heterocycles. The molecule has 0 fully saturated rings. The van der Waals surface area contributed by atoms with Crippen molar-refractivity contribution in [3.05, 3.63) is 23.8 Å². The van der Waals surface area contributed by atoms with Gasteiger partial charge >= 0.3 is 13.1 Å². The van der Waals surface area contributed by atoms with Crippen molar-refractivity contribution in [2.75, 3.05) is 12.6 Å². The van der Waals surface area contributed by atoms with Crippen molar-refractivity contribution in [2.24, 2.45) is 0 Å². The number of benzene rings is 1. The average Bonchev–Trinajstić information content (AvgIpc) is 2.27. The van der Waals surface area contributed by atoms with Crippen LogP contribution >= 0.6 is 0 Å². The SMILES string of the molecule is COC(=O)c1cc(NO)cc(B(O)O)c1. The highest BCUT2D eigenvalue weighted by Gasteiger charge is 2.16. The Kier molecular flexibility index (Phi) is 3.67. The van der Waals surface area contributed by atoms with E-state index in [0.717, 1.165) is 0 Å². The van der Waals surface area contributed by atoms with Crippen LogP contribution < -0.4 is 10.9 Å². The summed E-state index contributed by atoms with van der Waals surface area (Å²) in [5, 5.41) is 26.5. The first-order valence-electron chi connectivity index (χ1n) is 4.08. The molecular formula is C8H10BNO5. The van der Waals surface area contributed by atoms with E-state index in [-0.39, 0.29) is 16.7 Å². The van der Waals surface area contributed by atoms with E-state index in [1.807, 2.05) is 5.48 Å². The van der Waals surface area contributed by atoms with Gasteiger partial charge in [0, 0.05) is 0 Å². The van der Waals surface area contributed by atoms with Crippen LogP contribution in [0.25, 0.3) is 0 Å². The van der Waals surface area contributed by atoms with Crippen molar-refractivity contribution in [3.8, 4) is 0 Å². The van der Waals surface area contributed by atoms with Crippen LogP contribution in [-0.4, -0.2) is 35.5 Å². The molecule has 0 aliphatic heterocycles. The zero-order chi connectivity index (χ0) is 11.4. The standard InChI is InChI=1S/C8H10BNO5/c1-15-8(11)5-2-6(9(12)13)4-7(3-5)10-14/h2-4,10,12-14H,1H3. The fourth-order valence-corrected chi connectivity index (χ4v) is 1.10. The van der Waals surface area contributed by atoms with Gasteiger partial charge in [0.25, 0.3) is 0 Å². The van der Waals surface area contributed by atoms with Gasteiger partial charge in [-0.1, -0.05) is 0 Å². The minimum absolute atomic E-state index is 0.0782. The van der Waals surface area contributed by atoms with Crippen LogP contribution in [0, 0.1) is 0 Å². The van der Waals surface area contributed by atoms with Crippen LogP contribution in [-0.2, 0) is 4.74 Å². The first kappa shape index (κ1) is 11.5. The van der Waals surface area contributed by atoms with Crippen molar-refractivity contribution in [1.29, 1.82) is 0 Å². The normalized spacial score (nSPS) is 9.60. The van der Waals surface area contributed by atoms with Crippen LogP contribution in [0.2, 0.25) is 0 Å². The average molecular weight is 211 g/mol. The van der Waals surface area contributed by atoms with Gasteiger partial charge in [0.05, 0.1) is 18.4 Å². The third kappa shape index (κ3) is 2.69. The van der Waals surface area contributed by atoms with Crippen molar-refractivity contribution in [2.45, 2.75) is 0 Å². The maximum Gasteiger partial charge on any atom is 0.488 e. The largest absolute Gasteiger partial charge is 0.488 e. The molecule has 80 valence electrons. The molecular weight excluding hydrogens is 201 g/mol. The van der Waals surface area contributed by atoms with E-state index in [2.05, 4.69) is 4.74 Å². The third-order valence-corrected chi connectivity index (χ3v) is 1.80. The predicted molar refractivity (Wildman–Crippen MR) is 53.0 cm³/mol. The summed E-state index contributed by atoms with van der Waals surface area (Å²) >= 11 is 0. The summed E-state index contributed by atoms with van der Waals surface area (Å²) in [4.78, 5) is 11.2. The summed E-state index contributed by atoms with van der Waals surface area (Å²) in [5.74, 6) is -0.631. The minimum atomic E-state index is -1.72. The molecule has 0 radical (unpaired) electrons. The summed E-state index contributed by atoms with van der Waals surface area (Å²) in [6, 6.07) is 3.87. The van der Waals surface area contributed by atoms with Gasteiger partial charge in [-0.05, 0) is 23.7 Å². The first-order chi connectivity index (χ1) is 7.08. The molecule has 0 saturated carbocycles. The fraction of sp³-hybridized carbons (Fsp3) is 0.125. The minimum Gasteiger partial charge on any atom is -0.465 e. The Hall–Kier alpha value is -1.57. The summed E-state index contributed by atoms with van der Waals surface area (Å²) < 4.78 is 4.46. The Morgan fingerprint density at radius 2 is 2.07 bits per heavy atom. The molecule has 7 heteroatoms. The van der Waals surface area contributed by atoms with Crippen molar-refractivity contribution in [3.63, 3.8) is 0 Å². The van der Waals surface area contributed by atoms with Crippen LogP contribution in [0.1, 0.15) is 10.4 Å². The van der Waals surface area contributed by atoms with Gasteiger partial charge in [-0.15, -0.1) is 0 Å². The molecule has 0 spiro atoms. The highest BCUT2D eigenvalue weighted by atomic mass is 16.5. The molecule has 0 amide bonds. The molecule has 0 atom stereocenters. The number of anilines is 1. The molecule has 0 aliphatic carbocycles. The Morgan fingerprint density at radius 1 is 1.40 bits per heavy atom. The molecule has 6 nitrogen and oxygen atoms in total. The third-order valence-electron chi connectivity index (χ3n) is 1.80. The van der Waals surface area contributed by atoms with Crippen LogP contribution in [0.15, 0.2) is 18.2 Å². The van der Waals surface area contributed by atoms with E-state index in [9.17, 15) is 4.79 Å². The fourth-order valence-electron chi connectivity index (χ4n) is 1.10. The van der Waals surface area contributed by atoms with E-state index in [1.54, 1.807) is 0 Å². The van der Waals surface area contributed by atoms with Gasteiger partial charge in [-0.2, -0.15) is 0 Å².